The highest BCUT2D eigenvalue weighted by atomic mass is 16.5. The van der Waals surface area contributed by atoms with E-state index in [-0.39, 0.29) is 11.9 Å². The van der Waals surface area contributed by atoms with Crippen molar-refractivity contribution in [3.05, 3.63) is 34.9 Å². The van der Waals surface area contributed by atoms with Crippen molar-refractivity contribution in [3.63, 3.8) is 0 Å². The van der Waals surface area contributed by atoms with Crippen LogP contribution in [0.5, 0.6) is 0 Å². The van der Waals surface area contributed by atoms with Crippen LogP contribution in [-0.2, 0) is 9.53 Å². The summed E-state index contributed by atoms with van der Waals surface area (Å²) in [6.07, 6.45) is 0.551. The molecule has 1 amide bonds. The van der Waals surface area contributed by atoms with Crippen molar-refractivity contribution < 1.29 is 14.3 Å². The number of aryl methyl sites for hydroxylation is 2. The molecule has 0 unspecified atom stereocenters. The number of ether oxygens (including phenoxy) is 1. The SMILES string of the molecule is Cc1cc(C)cc(C(=O)N[C@H]2CCOC2=O)c1. The normalized spacial score (nSPS) is 18.9. The number of carbonyl (C=O) groups is 2. The molecule has 0 aromatic heterocycles. The van der Waals surface area contributed by atoms with Crippen molar-refractivity contribution in [2.75, 3.05) is 6.61 Å². The second-order valence-electron chi connectivity index (χ2n) is 4.36. The third-order valence-electron chi connectivity index (χ3n) is 2.72. The Balaban J connectivity index is 2.11. The Bertz CT molecular complexity index is 447. The summed E-state index contributed by atoms with van der Waals surface area (Å²) in [4.78, 5) is 23.2. The van der Waals surface area contributed by atoms with Gasteiger partial charge >= 0.3 is 5.97 Å². The van der Waals surface area contributed by atoms with Crippen molar-refractivity contribution in [1.29, 1.82) is 0 Å². The van der Waals surface area contributed by atoms with Crippen molar-refractivity contribution in [2.45, 2.75) is 26.3 Å². The van der Waals surface area contributed by atoms with Gasteiger partial charge in [-0.3, -0.25) is 4.79 Å². The topological polar surface area (TPSA) is 55.4 Å². The van der Waals surface area contributed by atoms with E-state index in [4.69, 9.17) is 4.74 Å². The summed E-state index contributed by atoms with van der Waals surface area (Å²) in [5, 5.41) is 2.69. The van der Waals surface area contributed by atoms with Crippen LogP contribution in [0.4, 0.5) is 0 Å². The molecule has 0 aliphatic carbocycles. The molecule has 1 saturated heterocycles. The molecule has 90 valence electrons. The number of hydrogen-bond acceptors (Lipinski definition) is 3. The van der Waals surface area contributed by atoms with E-state index in [1.54, 1.807) is 0 Å². The van der Waals surface area contributed by atoms with Crippen LogP contribution >= 0.6 is 0 Å². The van der Waals surface area contributed by atoms with Gasteiger partial charge in [0.25, 0.3) is 5.91 Å². The van der Waals surface area contributed by atoms with Crippen LogP contribution in [0.1, 0.15) is 27.9 Å². The third kappa shape index (κ3) is 2.64. The summed E-state index contributed by atoms with van der Waals surface area (Å²) in [5.41, 5.74) is 2.65. The standard InChI is InChI=1S/C13H15NO3/c1-8-5-9(2)7-10(6-8)12(15)14-11-3-4-17-13(11)16/h5-7,11H,3-4H2,1-2H3,(H,14,15)/t11-/m0/s1. The first-order valence-corrected chi connectivity index (χ1v) is 5.62. The lowest BCUT2D eigenvalue weighted by Gasteiger charge is -2.09. The molecule has 1 fully saturated rings. The average Bonchev–Trinajstić information content (AvgIpc) is 2.63. The van der Waals surface area contributed by atoms with Gasteiger partial charge in [0.05, 0.1) is 6.61 Å². The first-order chi connectivity index (χ1) is 8.06. The molecule has 1 heterocycles. The van der Waals surface area contributed by atoms with E-state index >= 15 is 0 Å². The van der Waals surface area contributed by atoms with Gasteiger partial charge in [-0.2, -0.15) is 0 Å². The molecule has 0 bridgehead atoms. The van der Waals surface area contributed by atoms with E-state index in [0.29, 0.717) is 18.6 Å². The molecule has 2 rings (SSSR count). The quantitative estimate of drug-likeness (QED) is 0.784. The van der Waals surface area contributed by atoms with Gasteiger partial charge in [-0.05, 0) is 26.0 Å². The van der Waals surface area contributed by atoms with E-state index in [1.807, 2.05) is 32.0 Å². The predicted molar refractivity (Wildman–Crippen MR) is 62.7 cm³/mol. The molecule has 0 spiro atoms. The van der Waals surface area contributed by atoms with Crippen LogP contribution in [-0.4, -0.2) is 24.5 Å². The van der Waals surface area contributed by atoms with Crippen molar-refractivity contribution in [1.82, 2.24) is 5.32 Å². The fourth-order valence-electron chi connectivity index (χ4n) is 1.97. The van der Waals surface area contributed by atoms with E-state index < -0.39 is 6.04 Å². The van der Waals surface area contributed by atoms with Gasteiger partial charge in [-0.1, -0.05) is 17.2 Å². The Morgan fingerprint density at radius 3 is 2.47 bits per heavy atom. The van der Waals surface area contributed by atoms with Crippen molar-refractivity contribution in [2.24, 2.45) is 0 Å². The zero-order chi connectivity index (χ0) is 12.4. The molecular weight excluding hydrogens is 218 g/mol. The van der Waals surface area contributed by atoms with Crippen LogP contribution in [0, 0.1) is 13.8 Å². The number of amides is 1. The summed E-state index contributed by atoms with van der Waals surface area (Å²) >= 11 is 0. The smallest absolute Gasteiger partial charge is 0.328 e. The Morgan fingerprint density at radius 2 is 1.94 bits per heavy atom. The molecule has 1 atom stereocenters. The lowest BCUT2D eigenvalue weighted by molar-refractivity contribution is -0.139. The highest BCUT2D eigenvalue weighted by Crippen LogP contribution is 2.11. The minimum Gasteiger partial charge on any atom is -0.464 e. The van der Waals surface area contributed by atoms with Gasteiger partial charge in [-0.25, -0.2) is 4.79 Å². The van der Waals surface area contributed by atoms with Crippen LogP contribution in [0.15, 0.2) is 18.2 Å². The number of nitrogens with one attached hydrogen (secondary N) is 1. The molecule has 0 saturated carbocycles. The molecule has 1 aromatic rings. The molecule has 4 nitrogen and oxygen atoms in total. The Hall–Kier alpha value is -1.84. The Labute approximate surface area is 100.0 Å². The molecule has 1 N–H and O–H groups in total. The fourth-order valence-corrected chi connectivity index (χ4v) is 1.97. The molecule has 4 heteroatoms. The molecule has 17 heavy (non-hydrogen) atoms. The zero-order valence-electron chi connectivity index (χ0n) is 9.95. The number of benzene rings is 1. The lowest BCUT2D eigenvalue weighted by atomic mass is 10.1. The number of esters is 1. The maximum atomic E-state index is 11.9. The van der Waals surface area contributed by atoms with Crippen molar-refractivity contribution >= 4 is 11.9 Å². The maximum Gasteiger partial charge on any atom is 0.328 e. The minimum absolute atomic E-state index is 0.222. The largest absolute Gasteiger partial charge is 0.464 e. The lowest BCUT2D eigenvalue weighted by Crippen LogP contribution is -2.37. The number of cyclic esters (lactones) is 1. The average molecular weight is 233 g/mol. The number of hydrogen-bond donors (Lipinski definition) is 1. The molecule has 0 radical (unpaired) electrons. The van der Waals surface area contributed by atoms with Crippen LogP contribution in [0.25, 0.3) is 0 Å². The molecule has 1 aliphatic rings. The van der Waals surface area contributed by atoms with Crippen LogP contribution < -0.4 is 5.32 Å². The third-order valence-corrected chi connectivity index (χ3v) is 2.72. The molecule has 1 aliphatic heterocycles. The summed E-state index contributed by atoms with van der Waals surface area (Å²) < 4.78 is 4.80. The monoisotopic (exact) mass is 233 g/mol. The second-order valence-corrected chi connectivity index (χ2v) is 4.36. The fraction of sp³-hybridized carbons (Fsp3) is 0.385. The number of carbonyl (C=O) groups excluding carboxylic acids is 2. The maximum absolute atomic E-state index is 11.9. The minimum atomic E-state index is -0.497. The van der Waals surface area contributed by atoms with E-state index in [1.165, 1.54) is 0 Å². The van der Waals surface area contributed by atoms with Gasteiger partial charge < -0.3 is 10.1 Å². The van der Waals surface area contributed by atoms with E-state index in [2.05, 4.69) is 5.32 Å². The molecular formula is C13H15NO3. The van der Waals surface area contributed by atoms with Crippen LogP contribution in [0.2, 0.25) is 0 Å². The zero-order valence-corrected chi connectivity index (χ0v) is 9.95. The van der Waals surface area contributed by atoms with Gasteiger partial charge in [-0.15, -0.1) is 0 Å². The van der Waals surface area contributed by atoms with Crippen LogP contribution in [0.3, 0.4) is 0 Å². The molecule has 1 aromatic carbocycles. The first-order valence-electron chi connectivity index (χ1n) is 5.62. The summed E-state index contributed by atoms with van der Waals surface area (Å²) in [6.45, 7) is 4.26. The first kappa shape index (κ1) is 11.6. The summed E-state index contributed by atoms with van der Waals surface area (Å²) in [6, 6.07) is 5.12. The highest BCUT2D eigenvalue weighted by Gasteiger charge is 2.28. The second kappa shape index (κ2) is 4.57. The number of rotatable bonds is 2. The predicted octanol–water partition coefficient (Wildman–Crippen LogP) is 1.35. The van der Waals surface area contributed by atoms with Gasteiger partial charge in [0.2, 0.25) is 0 Å². The summed E-state index contributed by atoms with van der Waals surface area (Å²) in [7, 11) is 0. The Morgan fingerprint density at radius 1 is 1.29 bits per heavy atom. The summed E-state index contributed by atoms with van der Waals surface area (Å²) in [5.74, 6) is -0.566. The van der Waals surface area contributed by atoms with E-state index in [9.17, 15) is 9.59 Å². The van der Waals surface area contributed by atoms with Gasteiger partial charge in [0, 0.05) is 12.0 Å². The highest BCUT2D eigenvalue weighted by molar-refractivity contribution is 5.97. The van der Waals surface area contributed by atoms with Gasteiger partial charge in [0.15, 0.2) is 0 Å². The van der Waals surface area contributed by atoms with E-state index in [0.717, 1.165) is 11.1 Å². The van der Waals surface area contributed by atoms with Crippen molar-refractivity contribution in [3.8, 4) is 0 Å². The Kier molecular flexibility index (Phi) is 3.13. The van der Waals surface area contributed by atoms with Gasteiger partial charge in [0.1, 0.15) is 6.04 Å².